The monoisotopic (exact) mass is 301 g/mol. The smallest absolute Gasteiger partial charge is 0.241 e. The van der Waals surface area contributed by atoms with Gasteiger partial charge in [-0.2, -0.15) is 5.10 Å². The average molecular weight is 301 g/mol. The summed E-state index contributed by atoms with van der Waals surface area (Å²) in [6.07, 6.45) is 13.0. The van der Waals surface area contributed by atoms with Gasteiger partial charge < -0.3 is 5.32 Å². The van der Waals surface area contributed by atoms with Crippen LogP contribution >= 0.6 is 0 Å². The fraction of sp³-hybridized carbons (Fsp3) is 0.778. The van der Waals surface area contributed by atoms with Crippen LogP contribution in [-0.2, 0) is 11.3 Å². The largest absolute Gasteiger partial charge is 0.351 e. The van der Waals surface area contributed by atoms with Crippen LogP contribution in [0.25, 0.3) is 0 Å². The number of nitrogens with one attached hydrogen (secondary N) is 1. The lowest BCUT2D eigenvalue weighted by molar-refractivity contribution is -0.127. The summed E-state index contributed by atoms with van der Waals surface area (Å²) in [5.74, 6) is 2.92. The fourth-order valence-corrected chi connectivity index (χ4v) is 6.07. The van der Waals surface area contributed by atoms with Crippen LogP contribution in [0.4, 0.5) is 0 Å². The molecule has 0 aromatic carbocycles. The summed E-state index contributed by atoms with van der Waals surface area (Å²) >= 11 is 0. The van der Waals surface area contributed by atoms with Crippen LogP contribution in [0.2, 0.25) is 0 Å². The van der Waals surface area contributed by atoms with Crippen LogP contribution in [-0.4, -0.2) is 21.7 Å². The molecular formula is C18H27N3O. The lowest BCUT2D eigenvalue weighted by Crippen LogP contribution is -2.57. The SMILES string of the molecule is CC[C@H](NC(=O)Cn1cccn1)C12CC3CC(CC(C3)C1)C2. The molecule has 1 amide bonds. The van der Waals surface area contributed by atoms with E-state index >= 15 is 0 Å². The van der Waals surface area contributed by atoms with Crippen molar-refractivity contribution in [2.45, 2.75) is 64.5 Å². The number of hydrogen-bond acceptors (Lipinski definition) is 2. The number of rotatable bonds is 5. The molecule has 5 rings (SSSR count). The van der Waals surface area contributed by atoms with E-state index in [0.717, 1.165) is 24.2 Å². The van der Waals surface area contributed by atoms with Gasteiger partial charge in [-0.05, 0) is 74.2 Å². The number of aromatic nitrogens is 2. The minimum atomic E-state index is 0.117. The summed E-state index contributed by atoms with van der Waals surface area (Å²) in [5.41, 5.74) is 0.392. The Balaban J connectivity index is 1.46. The summed E-state index contributed by atoms with van der Waals surface area (Å²) in [6, 6.07) is 2.22. The number of amides is 1. The van der Waals surface area contributed by atoms with Crippen LogP contribution < -0.4 is 5.32 Å². The Hall–Kier alpha value is -1.32. The van der Waals surface area contributed by atoms with Crippen molar-refractivity contribution in [3.63, 3.8) is 0 Å². The molecule has 1 aromatic heterocycles. The van der Waals surface area contributed by atoms with Crippen molar-refractivity contribution in [1.82, 2.24) is 15.1 Å². The molecule has 1 N–H and O–H groups in total. The highest BCUT2D eigenvalue weighted by molar-refractivity contribution is 5.76. The zero-order valence-corrected chi connectivity index (χ0v) is 13.5. The molecule has 0 unspecified atom stereocenters. The zero-order chi connectivity index (χ0) is 15.2. The number of nitrogens with zero attached hydrogens (tertiary/aromatic N) is 2. The molecule has 4 aliphatic carbocycles. The van der Waals surface area contributed by atoms with Crippen molar-refractivity contribution in [3.05, 3.63) is 18.5 Å². The molecule has 0 aliphatic heterocycles. The van der Waals surface area contributed by atoms with E-state index in [9.17, 15) is 4.79 Å². The van der Waals surface area contributed by atoms with Gasteiger partial charge in [-0.25, -0.2) is 0 Å². The van der Waals surface area contributed by atoms with E-state index in [1.165, 1.54) is 38.5 Å². The second-order valence-corrected chi connectivity index (χ2v) is 8.01. The maximum absolute atomic E-state index is 12.4. The van der Waals surface area contributed by atoms with Crippen LogP contribution in [0.5, 0.6) is 0 Å². The third kappa shape index (κ3) is 2.46. The van der Waals surface area contributed by atoms with Gasteiger partial charge in [-0.1, -0.05) is 6.92 Å². The second kappa shape index (κ2) is 5.39. The second-order valence-electron chi connectivity index (χ2n) is 8.01. The van der Waals surface area contributed by atoms with E-state index in [0.29, 0.717) is 18.0 Å². The standard InChI is InChI=1S/C18H27N3O/c1-2-16(20-17(22)12-21-5-3-4-19-21)18-9-13-6-14(10-18)8-15(7-13)11-18/h3-5,13-16H,2,6-12H2,1H3,(H,20,22)/t13?,14?,15?,16-,18?/m0/s1. The van der Waals surface area contributed by atoms with Crippen molar-refractivity contribution in [1.29, 1.82) is 0 Å². The van der Waals surface area contributed by atoms with Gasteiger partial charge in [0.15, 0.2) is 0 Å². The molecule has 4 aliphatic rings. The topological polar surface area (TPSA) is 46.9 Å². The van der Waals surface area contributed by atoms with Gasteiger partial charge in [0.25, 0.3) is 0 Å². The highest BCUT2D eigenvalue weighted by Crippen LogP contribution is 2.61. The quantitative estimate of drug-likeness (QED) is 0.909. The third-order valence-electron chi connectivity index (χ3n) is 6.43. The van der Waals surface area contributed by atoms with Gasteiger partial charge in [-0.3, -0.25) is 9.48 Å². The number of carbonyl (C=O) groups excluding carboxylic acids is 1. The van der Waals surface area contributed by atoms with Crippen molar-refractivity contribution in [2.24, 2.45) is 23.2 Å². The molecule has 120 valence electrons. The van der Waals surface area contributed by atoms with E-state index in [4.69, 9.17) is 0 Å². The summed E-state index contributed by atoms with van der Waals surface area (Å²) in [6.45, 7) is 2.58. The Labute approximate surface area is 132 Å². The molecule has 0 radical (unpaired) electrons. The molecule has 4 saturated carbocycles. The van der Waals surface area contributed by atoms with Crippen molar-refractivity contribution >= 4 is 5.91 Å². The highest BCUT2D eigenvalue weighted by atomic mass is 16.2. The van der Waals surface area contributed by atoms with E-state index in [-0.39, 0.29) is 5.91 Å². The van der Waals surface area contributed by atoms with Gasteiger partial charge in [0, 0.05) is 18.4 Å². The van der Waals surface area contributed by atoms with Crippen LogP contribution in [0.3, 0.4) is 0 Å². The van der Waals surface area contributed by atoms with Gasteiger partial charge in [0.05, 0.1) is 0 Å². The minimum Gasteiger partial charge on any atom is -0.351 e. The summed E-state index contributed by atoms with van der Waals surface area (Å²) in [5, 5.41) is 7.50. The maximum atomic E-state index is 12.4. The van der Waals surface area contributed by atoms with Gasteiger partial charge in [-0.15, -0.1) is 0 Å². The van der Waals surface area contributed by atoms with Gasteiger partial charge in [0.2, 0.25) is 5.91 Å². The van der Waals surface area contributed by atoms with Crippen molar-refractivity contribution < 1.29 is 4.79 Å². The number of hydrogen-bond donors (Lipinski definition) is 1. The average Bonchev–Trinajstić information content (AvgIpc) is 2.96. The van der Waals surface area contributed by atoms with Crippen LogP contribution in [0.15, 0.2) is 18.5 Å². The predicted octanol–water partition coefficient (Wildman–Crippen LogP) is 2.99. The van der Waals surface area contributed by atoms with Crippen molar-refractivity contribution in [3.8, 4) is 0 Å². The molecule has 4 heteroatoms. The molecule has 1 aromatic rings. The molecular weight excluding hydrogens is 274 g/mol. The fourth-order valence-electron chi connectivity index (χ4n) is 6.07. The third-order valence-corrected chi connectivity index (χ3v) is 6.43. The summed E-state index contributed by atoms with van der Waals surface area (Å²) in [4.78, 5) is 12.4. The lowest BCUT2D eigenvalue weighted by atomic mass is 9.47. The van der Waals surface area contributed by atoms with Crippen LogP contribution in [0, 0.1) is 23.2 Å². The first-order valence-corrected chi connectivity index (χ1v) is 8.93. The molecule has 1 atom stereocenters. The maximum Gasteiger partial charge on any atom is 0.241 e. The number of carbonyl (C=O) groups is 1. The molecule has 22 heavy (non-hydrogen) atoms. The van der Waals surface area contributed by atoms with E-state index in [1.807, 2.05) is 12.3 Å². The Morgan fingerprint density at radius 3 is 2.41 bits per heavy atom. The van der Waals surface area contributed by atoms with E-state index in [1.54, 1.807) is 10.9 Å². The van der Waals surface area contributed by atoms with E-state index < -0.39 is 0 Å². The van der Waals surface area contributed by atoms with Crippen molar-refractivity contribution in [2.75, 3.05) is 0 Å². The molecule has 4 bridgehead atoms. The summed E-state index contributed by atoms with van der Waals surface area (Å²) in [7, 11) is 0. The lowest BCUT2D eigenvalue weighted by Gasteiger charge is -2.59. The predicted molar refractivity (Wildman–Crippen MR) is 85.1 cm³/mol. The Morgan fingerprint density at radius 1 is 1.27 bits per heavy atom. The summed E-state index contributed by atoms with van der Waals surface area (Å²) < 4.78 is 1.71. The molecule has 0 saturated heterocycles. The molecule has 4 fully saturated rings. The Morgan fingerprint density at radius 2 is 1.91 bits per heavy atom. The Bertz CT molecular complexity index is 501. The molecule has 0 spiro atoms. The first-order valence-electron chi connectivity index (χ1n) is 8.93. The molecule has 4 nitrogen and oxygen atoms in total. The zero-order valence-electron chi connectivity index (χ0n) is 13.5. The van der Waals surface area contributed by atoms with Gasteiger partial charge in [0.1, 0.15) is 6.54 Å². The molecule has 1 heterocycles. The van der Waals surface area contributed by atoms with Gasteiger partial charge >= 0.3 is 0 Å². The van der Waals surface area contributed by atoms with E-state index in [2.05, 4.69) is 17.3 Å². The minimum absolute atomic E-state index is 0.117. The first-order chi connectivity index (χ1) is 10.7. The first kappa shape index (κ1) is 14.3. The highest BCUT2D eigenvalue weighted by Gasteiger charge is 2.53. The Kier molecular flexibility index (Phi) is 3.50. The van der Waals surface area contributed by atoms with Crippen LogP contribution in [0.1, 0.15) is 51.9 Å². The normalized spacial score (nSPS) is 37.2.